The van der Waals surface area contributed by atoms with Crippen LogP contribution in [0.4, 0.5) is 5.69 Å². The van der Waals surface area contributed by atoms with Crippen molar-refractivity contribution in [3.63, 3.8) is 0 Å². The largest absolute Gasteiger partial charge is 0.342 e. The van der Waals surface area contributed by atoms with Crippen molar-refractivity contribution in [1.82, 2.24) is 9.99 Å². The van der Waals surface area contributed by atoms with Crippen LogP contribution < -0.4 is 5.43 Å². The fourth-order valence-corrected chi connectivity index (χ4v) is 3.27. The zero-order valence-electron chi connectivity index (χ0n) is 15.9. The maximum Gasteiger partial charge on any atom is 0.271 e. The molecule has 4 aromatic rings. The predicted molar refractivity (Wildman–Crippen MR) is 116 cm³/mol. The Kier molecular flexibility index (Phi) is 5.34. The highest BCUT2D eigenvalue weighted by Crippen LogP contribution is 2.21. The van der Waals surface area contributed by atoms with E-state index in [1.54, 1.807) is 6.21 Å². The zero-order chi connectivity index (χ0) is 20.9. The Morgan fingerprint density at radius 1 is 1.03 bits per heavy atom. The van der Waals surface area contributed by atoms with Gasteiger partial charge in [0.2, 0.25) is 0 Å². The second kappa shape index (κ2) is 8.40. The molecule has 0 aliphatic heterocycles. The van der Waals surface area contributed by atoms with E-state index in [-0.39, 0.29) is 11.3 Å². The number of non-ortho nitro benzene ring substituents is 1. The first kappa shape index (κ1) is 19.1. The summed E-state index contributed by atoms with van der Waals surface area (Å²) in [5.41, 5.74) is 5.57. The topological polar surface area (TPSA) is 89.5 Å². The molecular weight excluding hydrogens is 380 g/mol. The number of hydrogen-bond donors (Lipinski definition) is 1. The quantitative estimate of drug-likeness (QED) is 0.297. The van der Waals surface area contributed by atoms with Gasteiger partial charge in [-0.1, -0.05) is 54.6 Å². The first-order valence-corrected chi connectivity index (χ1v) is 9.31. The van der Waals surface area contributed by atoms with Gasteiger partial charge >= 0.3 is 0 Å². The number of carbonyl (C=O) groups excluding carboxylic acids is 1. The van der Waals surface area contributed by atoms with E-state index >= 15 is 0 Å². The first-order chi connectivity index (χ1) is 14.6. The van der Waals surface area contributed by atoms with Crippen LogP contribution in [-0.2, 0) is 6.54 Å². The lowest BCUT2D eigenvalue weighted by Gasteiger charge is -2.05. The summed E-state index contributed by atoms with van der Waals surface area (Å²) in [5, 5.41) is 15.9. The normalized spacial score (nSPS) is 11.1. The molecule has 3 aromatic carbocycles. The van der Waals surface area contributed by atoms with Crippen molar-refractivity contribution in [2.24, 2.45) is 5.10 Å². The van der Waals surface area contributed by atoms with Gasteiger partial charge in [0.25, 0.3) is 11.6 Å². The van der Waals surface area contributed by atoms with Gasteiger partial charge in [-0.25, -0.2) is 5.43 Å². The molecule has 4 rings (SSSR count). The number of nitrogens with zero attached hydrogens (tertiary/aromatic N) is 3. The van der Waals surface area contributed by atoms with Gasteiger partial charge < -0.3 is 4.57 Å². The summed E-state index contributed by atoms with van der Waals surface area (Å²) in [6.07, 6.45) is 3.57. The third kappa shape index (κ3) is 4.10. The van der Waals surface area contributed by atoms with Crippen LogP contribution in [-0.4, -0.2) is 21.6 Å². The second-order valence-corrected chi connectivity index (χ2v) is 6.72. The number of benzene rings is 3. The van der Waals surface area contributed by atoms with Crippen LogP contribution in [0, 0.1) is 10.1 Å². The standard InChI is InChI=1S/C23H18N4O3/c28-23(18-9-6-10-20(13-18)27(29)30)25-24-14-19-16-26(15-17-7-2-1-3-8-17)22-12-5-4-11-21(19)22/h1-14,16H,15H2,(H,25,28). The fraction of sp³-hybridized carbons (Fsp3) is 0.0435. The molecule has 1 heterocycles. The van der Waals surface area contributed by atoms with E-state index in [9.17, 15) is 14.9 Å². The minimum Gasteiger partial charge on any atom is -0.342 e. The lowest BCUT2D eigenvalue weighted by Crippen LogP contribution is -2.17. The molecule has 0 radical (unpaired) electrons. The molecule has 0 aliphatic rings. The van der Waals surface area contributed by atoms with Crippen LogP contribution >= 0.6 is 0 Å². The Hall–Kier alpha value is -4.26. The Labute approximate surface area is 172 Å². The molecule has 0 bridgehead atoms. The predicted octanol–water partition coefficient (Wildman–Crippen LogP) is 4.36. The molecular formula is C23H18N4O3. The Morgan fingerprint density at radius 3 is 2.60 bits per heavy atom. The molecule has 1 amide bonds. The van der Waals surface area contributed by atoms with Gasteiger partial charge in [-0.2, -0.15) is 5.10 Å². The summed E-state index contributed by atoms with van der Waals surface area (Å²) in [4.78, 5) is 22.6. The lowest BCUT2D eigenvalue weighted by atomic mass is 10.2. The monoisotopic (exact) mass is 398 g/mol. The van der Waals surface area contributed by atoms with Crippen molar-refractivity contribution < 1.29 is 9.72 Å². The molecule has 30 heavy (non-hydrogen) atoms. The molecule has 0 fully saturated rings. The van der Waals surface area contributed by atoms with Crippen molar-refractivity contribution in [1.29, 1.82) is 0 Å². The van der Waals surface area contributed by atoms with E-state index in [0.29, 0.717) is 0 Å². The second-order valence-electron chi connectivity index (χ2n) is 6.72. The van der Waals surface area contributed by atoms with Crippen molar-refractivity contribution in [3.8, 4) is 0 Å². The van der Waals surface area contributed by atoms with E-state index in [0.717, 1.165) is 23.0 Å². The lowest BCUT2D eigenvalue weighted by molar-refractivity contribution is -0.384. The average Bonchev–Trinajstić information content (AvgIpc) is 3.12. The Morgan fingerprint density at radius 2 is 1.80 bits per heavy atom. The summed E-state index contributed by atoms with van der Waals surface area (Å²) in [6.45, 7) is 0.717. The smallest absolute Gasteiger partial charge is 0.271 e. The maximum atomic E-state index is 12.3. The van der Waals surface area contributed by atoms with E-state index in [1.807, 2.05) is 48.7 Å². The number of hydrazone groups is 1. The van der Waals surface area contributed by atoms with E-state index in [2.05, 4.69) is 27.2 Å². The molecule has 0 saturated carbocycles. The number of nitrogens with one attached hydrogen (secondary N) is 1. The minimum absolute atomic E-state index is 0.143. The highest BCUT2D eigenvalue weighted by atomic mass is 16.6. The van der Waals surface area contributed by atoms with Crippen molar-refractivity contribution in [3.05, 3.63) is 112 Å². The maximum absolute atomic E-state index is 12.3. The number of hydrogen-bond acceptors (Lipinski definition) is 4. The summed E-state index contributed by atoms with van der Waals surface area (Å²) >= 11 is 0. The summed E-state index contributed by atoms with van der Waals surface area (Å²) in [7, 11) is 0. The molecule has 0 spiro atoms. The molecule has 0 unspecified atom stereocenters. The number of rotatable bonds is 6. The van der Waals surface area contributed by atoms with Crippen LogP contribution in [0.1, 0.15) is 21.5 Å². The molecule has 7 nitrogen and oxygen atoms in total. The van der Waals surface area contributed by atoms with E-state index < -0.39 is 10.8 Å². The van der Waals surface area contributed by atoms with E-state index in [4.69, 9.17) is 0 Å². The highest BCUT2D eigenvalue weighted by molar-refractivity contribution is 6.00. The molecule has 7 heteroatoms. The van der Waals surface area contributed by atoms with Gasteiger partial charge in [0, 0.05) is 46.9 Å². The van der Waals surface area contributed by atoms with Gasteiger partial charge in [0.05, 0.1) is 11.1 Å². The van der Waals surface area contributed by atoms with Gasteiger partial charge in [0.1, 0.15) is 0 Å². The van der Waals surface area contributed by atoms with E-state index in [1.165, 1.54) is 29.8 Å². The first-order valence-electron chi connectivity index (χ1n) is 9.31. The van der Waals surface area contributed by atoms with Gasteiger partial charge in [-0.05, 0) is 17.7 Å². The number of para-hydroxylation sites is 1. The van der Waals surface area contributed by atoms with Gasteiger partial charge in [-0.3, -0.25) is 14.9 Å². The van der Waals surface area contributed by atoms with Crippen LogP contribution in [0.5, 0.6) is 0 Å². The fourth-order valence-electron chi connectivity index (χ4n) is 3.27. The molecule has 1 N–H and O–H groups in total. The number of fused-ring (bicyclic) bond motifs is 1. The molecule has 0 atom stereocenters. The number of aromatic nitrogens is 1. The third-order valence-electron chi connectivity index (χ3n) is 4.70. The summed E-state index contributed by atoms with van der Waals surface area (Å²) in [5.74, 6) is -0.511. The van der Waals surface area contributed by atoms with Crippen LogP contribution in [0.2, 0.25) is 0 Å². The highest BCUT2D eigenvalue weighted by Gasteiger charge is 2.11. The summed E-state index contributed by atoms with van der Waals surface area (Å²) in [6, 6.07) is 23.6. The SMILES string of the molecule is O=C(NN=Cc1cn(Cc2ccccc2)c2ccccc12)c1cccc([N+](=O)[O-])c1. The summed E-state index contributed by atoms with van der Waals surface area (Å²) < 4.78 is 2.13. The molecule has 0 saturated heterocycles. The number of amides is 1. The molecule has 1 aromatic heterocycles. The third-order valence-corrected chi connectivity index (χ3v) is 4.70. The number of carbonyl (C=O) groups is 1. The van der Waals surface area contributed by atoms with Gasteiger partial charge in [0.15, 0.2) is 0 Å². The Bertz CT molecular complexity index is 1250. The minimum atomic E-state index is -0.540. The van der Waals surface area contributed by atoms with Crippen LogP contribution in [0.15, 0.2) is 90.2 Å². The van der Waals surface area contributed by atoms with Crippen LogP contribution in [0.3, 0.4) is 0 Å². The van der Waals surface area contributed by atoms with Crippen molar-refractivity contribution in [2.75, 3.05) is 0 Å². The number of nitro benzene ring substituents is 1. The zero-order valence-corrected chi connectivity index (χ0v) is 15.9. The molecule has 0 aliphatic carbocycles. The van der Waals surface area contributed by atoms with Crippen molar-refractivity contribution in [2.45, 2.75) is 6.54 Å². The Balaban J connectivity index is 1.55. The average molecular weight is 398 g/mol. The van der Waals surface area contributed by atoms with Gasteiger partial charge in [-0.15, -0.1) is 0 Å². The number of nitro groups is 1. The van der Waals surface area contributed by atoms with Crippen molar-refractivity contribution >= 4 is 28.7 Å². The van der Waals surface area contributed by atoms with Crippen LogP contribution in [0.25, 0.3) is 10.9 Å². The molecule has 148 valence electrons.